The van der Waals surface area contributed by atoms with Crippen LogP contribution >= 0.6 is 0 Å². The molecule has 2 aromatic carbocycles. The van der Waals surface area contributed by atoms with E-state index in [0.717, 1.165) is 35.1 Å². The molecule has 2 aromatic rings. The van der Waals surface area contributed by atoms with E-state index in [1.165, 1.54) is 25.7 Å². The van der Waals surface area contributed by atoms with Crippen molar-refractivity contribution in [2.24, 2.45) is 35.5 Å². The molecule has 0 radical (unpaired) electrons. The van der Waals surface area contributed by atoms with Crippen LogP contribution in [0.4, 0.5) is 19.2 Å². The molecule has 6 rings (SSSR count). The van der Waals surface area contributed by atoms with Crippen LogP contribution in [0.15, 0.2) is 135 Å². The number of urea groups is 4. The Morgan fingerprint density at radius 2 is 0.789 bits per heavy atom. The fourth-order valence-electron chi connectivity index (χ4n) is 8.13. The van der Waals surface area contributed by atoms with Gasteiger partial charge in [0.1, 0.15) is 26.4 Å². The third kappa shape index (κ3) is 26.7. The van der Waals surface area contributed by atoms with Gasteiger partial charge in [-0.2, -0.15) is 0 Å². The van der Waals surface area contributed by atoms with Gasteiger partial charge in [0.25, 0.3) is 0 Å². The fraction of sp³-hybridized carbons (Fsp3) is 0.429. The average Bonchev–Trinajstić information content (AvgIpc) is 4.27. The summed E-state index contributed by atoms with van der Waals surface area (Å²) in [5, 5.41) is 21.6. The predicted octanol–water partition coefficient (Wildman–Crippen LogP) is 5.66. The molecule has 0 spiro atoms. The van der Waals surface area contributed by atoms with Gasteiger partial charge in [-0.15, -0.1) is 0 Å². The lowest BCUT2D eigenvalue weighted by molar-refractivity contribution is -0.139. The molecular formula is C56H76N8O12. The molecule has 4 bridgehead atoms. The lowest BCUT2D eigenvalue weighted by atomic mass is 9.94. The summed E-state index contributed by atoms with van der Waals surface area (Å²) < 4.78 is 19.2. The number of fused-ring (bicyclic) bond motifs is 4. The van der Waals surface area contributed by atoms with Crippen LogP contribution in [0, 0.1) is 35.5 Å². The first-order valence-electron chi connectivity index (χ1n) is 25.3. The van der Waals surface area contributed by atoms with Gasteiger partial charge in [-0.1, -0.05) is 111 Å². The van der Waals surface area contributed by atoms with Crippen LogP contribution in [0.1, 0.15) is 50.7 Å². The minimum absolute atomic E-state index is 0.129. The Labute approximate surface area is 446 Å². The molecule has 76 heavy (non-hydrogen) atoms. The molecule has 0 aromatic heterocycles. The van der Waals surface area contributed by atoms with Crippen LogP contribution < -0.4 is 42.5 Å². The van der Waals surface area contributed by atoms with Gasteiger partial charge in [0.2, 0.25) is 0 Å². The Hall–Kier alpha value is -8.16. The van der Waals surface area contributed by atoms with Crippen LogP contribution in [-0.4, -0.2) is 114 Å². The van der Waals surface area contributed by atoms with E-state index in [0.29, 0.717) is 74.1 Å². The summed E-state index contributed by atoms with van der Waals surface area (Å²) in [6, 6.07) is 18.2. The molecule has 0 aliphatic heterocycles. The fourth-order valence-corrected chi connectivity index (χ4v) is 8.13. The van der Waals surface area contributed by atoms with E-state index in [-0.39, 0.29) is 63.6 Å². The van der Waals surface area contributed by atoms with Crippen molar-refractivity contribution in [3.8, 4) is 0 Å². The zero-order valence-corrected chi connectivity index (χ0v) is 43.7. The van der Waals surface area contributed by atoms with Gasteiger partial charge < -0.3 is 61.5 Å². The number of ether oxygens (including phenoxy) is 4. The van der Waals surface area contributed by atoms with Crippen molar-refractivity contribution in [2.75, 3.05) is 65.7 Å². The van der Waals surface area contributed by atoms with Crippen LogP contribution in [0.2, 0.25) is 0 Å². The molecular weight excluding hydrogens is 977 g/mol. The summed E-state index contributed by atoms with van der Waals surface area (Å²) in [7, 11) is 0. The molecule has 6 atom stereocenters. The molecule has 2 fully saturated rings. The van der Waals surface area contributed by atoms with Crippen LogP contribution in [0.3, 0.4) is 0 Å². The number of hydrogen-bond donors (Lipinski definition) is 8. The summed E-state index contributed by atoms with van der Waals surface area (Å²) in [6.45, 7) is 20.7. The van der Waals surface area contributed by atoms with E-state index in [1.807, 2.05) is 60.7 Å². The van der Waals surface area contributed by atoms with Crippen LogP contribution in [-0.2, 0) is 51.2 Å². The minimum atomic E-state index is -0.499. The molecule has 4 aliphatic rings. The summed E-state index contributed by atoms with van der Waals surface area (Å²) in [6.07, 6.45) is 16.1. The lowest BCUT2D eigenvalue weighted by Crippen LogP contribution is -2.40. The molecule has 412 valence electrons. The highest BCUT2D eigenvalue weighted by Gasteiger charge is 2.36. The third-order valence-electron chi connectivity index (χ3n) is 12.0. The van der Waals surface area contributed by atoms with Crippen molar-refractivity contribution >= 4 is 48.0 Å². The van der Waals surface area contributed by atoms with E-state index in [1.54, 1.807) is 13.8 Å². The number of rotatable bonds is 24. The third-order valence-corrected chi connectivity index (χ3v) is 12.0. The molecule has 2 saturated carbocycles. The van der Waals surface area contributed by atoms with Crippen molar-refractivity contribution in [1.29, 1.82) is 0 Å². The second-order valence-corrected chi connectivity index (χ2v) is 18.1. The number of nitrogens with one attached hydrogen (secondary N) is 8. The number of benzene rings is 2. The zero-order valence-electron chi connectivity index (χ0n) is 43.7. The number of allylic oxidation sites excluding steroid dienone is 4. The first-order chi connectivity index (χ1) is 36.6. The van der Waals surface area contributed by atoms with Crippen molar-refractivity contribution < 1.29 is 57.3 Å². The summed E-state index contributed by atoms with van der Waals surface area (Å²) in [5.41, 5.74) is 2.74. The van der Waals surface area contributed by atoms with Crippen LogP contribution in [0.5, 0.6) is 0 Å². The highest BCUT2D eigenvalue weighted by molar-refractivity contribution is 5.87. The number of carbonyl (C=O) groups excluding carboxylic acids is 8. The van der Waals surface area contributed by atoms with E-state index < -0.39 is 23.9 Å². The Bertz CT molecular complexity index is 2310. The number of hydrogen-bond acceptors (Lipinski definition) is 12. The van der Waals surface area contributed by atoms with Crippen molar-refractivity contribution in [1.82, 2.24) is 42.5 Å². The Morgan fingerprint density at radius 3 is 1.08 bits per heavy atom. The standard InChI is InChI=1S/C15H22N2O3.C14H20N2O3.C14H18N2O3.C13H16N2O3/c1-10(2)14(18)20-6-5-16-15(19)17-9-13-8-11-3-4-12(13)7-11;1-2-13(17)19-6-5-15-14(18)16-9-12-8-10-3-4-11(12)7-10;1-11(2)13(17)19-9-8-15-14(18)16-10-12-6-4-3-5-7-12;1-2-12(16)18-9-8-14-13(17)15-10-11-6-4-3-5-7-11/h3-4,11-13H,1,5-9H2,2H3,(H2,16,17,19);2-4,10-12H,1,5-9H2,(H2,15,16,18);3-7H,1,8-10H2,2H3,(H2,15,16,18);2-7H,1,8-10H2,(H2,14,15,17). The normalized spacial score (nSPS) is 18.3. The minimum Gasteiger partial charge on any atom is -0.461 e. The molecule has 20 nitrogen and oxygen atoms in total. The second kappa shape index (κ2) is 35.9. The van der Waals surface area contributed by atoms with E-state index >= 15 is 0 Å². The number of amides is 8. The van der Waals surface area contributed by atoms with Gasteiger partial charge in [0, 0.05) is 49.5 Å². The maximum atomic E-state index is 11.6. The topological polar surface area (TPSA) is 270 Å². The highest BCUT2D eigenvalue weighted by atomic mass is 16.5. The molecule has 8 amide bonds. The van der Waals surface area contributed by atoms with Crippen LogP contribution in [0.25, 0.3) is 0 Å². The van der Waals surface area contributed by atoms with Crippen molar-refractivity contribution in [2.45, 2.75) is 52.6 Å². The maximum Gasteiger partial charge on any atom is 0.333 e. The van der Waals surface area contributed by atoms with Gasteiger partial charge >= 0.3 is 48.0 Å². The first-order valence-corrected chi connectivity index (χ1v) is 25.3. The zero-order chi connectivity index (χ0) is 55.5. The summed E-state index contributed by atoms with van der Waals surface area (Å²) in [4.78, 5) is 89.5. The predicted molar refractivity (Wildman–Crippen MR) is 288 cm³/mol. The lowest BCUT2D eigenvalue weighted by Gasteiger charge is -2.18. The molecule has 8 N–H and O–H groups in total. The molecule has 0 heterocycles. The SMILES string of the molecule is C=C(C)C(=O)OCCNC(=O)NCC1CC2C=CC1C2.C=C(C)C(=O)OCCNC(=O)NCc1ccccc1.C=CC(=O)OCCNC(=O)NCC1CC2C=CC1C2.C=CC(=O)OCCNC(=O)NCc1ccccc1. The largest absolute Gasteiger partial charge is 0.461 e. The molecule has 6 unspecified atom stereocenters. The summed E-state index contributed by atoms with van der Waals surface area (Å²) in [5.74, 6) is 1.99. The average molecular weight is 1050 g/mol. The second-order valence-electron chi connectivity index (χ2n) is 18.1. The van der Waals surface area contributed by atoms with Gasteiger partial charge in [0.15, 0.2) is 0 Å². The highest BCUT2D eigenvalue weighted by Crippen LogP contribution is 2.43. The van der Waals surface area contributed by atoms with Crippen molar-refractivity contribution in [3.63, 3.8) is 0 Å². The van der Waals surface area contributed by atoms with Gasteiger partial charge in [0.05, 0.1) is 26.2 Å². The monoisotopic (exact) mass is 1050 g/mol. The Balaban J connectivity index is 0.000000267. The van der Waals surface area contributed by atoms with E-state index in [9.17, 15) is 38.4 Å². The van der Waals surface area contributed by atoms with Gasteiger partial charge in [-0.05, 0) is 86.2 Å². The first kappa shape index (κ1) is 62.1. The van der Waals surface area contributed by atoms with E-state index in [4.69, 9.17) is 18.9 Å². The Morgan fingerprint density at radius 1 is 0.461 bits per heavy atom. The van der Waals surface area contributed by atoms with Gasteiger partial charge in [-0.3, -0.25) is 0 Å². The number of carbonyl (C=O) groups is 8. The van der Waals surface area contributed by atoms with Crippen molar-refractivity contribution in [3.05, 3.63) is 146 Å². The molecule has 20 heteroatoms. The number of esters is 4. The summed E-state index contributed by atoms with van der Waals surface area (Å²) >= 11 is 0. The Kier molecular flexibility index (Phi) is 29.4. The van der Waals surface area contributed by atoms with E-state index in [2.05, 4.69) is 93.2 Å². The maximum absolute atomic E-state index is 11.6. The van der Waals surface area contributed by atoms with Gasteiger partial charge in [-0.25, -0.2) is 38.4 Å². The smallest absolute Gasteiger partial charge is 0.333 e. The quantitative estimate of drug-likeness (QED) is 0.0208. The molecule has 4 aliphatic carbocycles. The molecule has 0 saturated heterocycles.